The van der Waals surface area contributed by atoms with Gasteiger partial charge in [-0.1, -0.05) is 36.4 Å². The fraction of sp³-hybridized carbons (Fsp3) is 0.263. The molecule has 0 spiro atoms. The third-order valence-corrected chi connectivity index (χ3v) is 4.62. The van der Waals surface area contributed by atoms with Crippen molar-refractivity contribution in [2.75, 3.05) is 19.5 Å². The normalized spacial score (nSPS) is 19.0. The van der Waals surface area contributed by atoms with Crippen LogP contribution in [-0.4, -0.2) is 29.0 Å². The Morgan fingerprint density at radius 3 is 2.56 bits per heavy atom. The van der Waals surface area contributed by atoms with Gasteiger partial charge in [-0.2, -0.15) is 10.1 Å². The van der Waals surface area contributed by atoms with Crippen molar-refractivity contribution in [3.8, 4) is 11.5 Å². The molecule has 2 atom stereocenters. The van der Waals surface area contributed by atoms with E-state index in [4.69, 9.17) is 9.47 Å². The van der Waals surface area contributed by atoms with Gasteiger partial charge in [0.15, 0.2) is 11.5 Å². The van der Waals surface area contributed by atoms with Gasteiger partial charge < -0.3 is 14.8 Å². The molecule has 0 saturated heterocycles. The molecule has 0 saturated carbocycles. The Kier molecular flexibility index (Phi) is 4.01. The van der Waals surface area contributed by atoms with E-state index in [-0.39, 0.29) is 12.1 Å². The van der Waals surface area contributed by atoms with Crippen molar-refractivity contribution < 1.29 is 9.47 Å². The summed E-state index contributed by atoms with van der Waals surface area (Å²) < 4.78 is 12.7. The minimum Gasteiger partial charge on any atom is -0.493 e. The van der Waals surface area contributed by atoms with Crippen molar-refractivity contribution in [2.45, 2.75) is 18.5 Å². The van der Waals surface area contributed by atoms with E-state index < -0.39 is 0 Å². The molecular formula is C19H20N4O2. The lowest BCUT2D eigenvalue weighted by Crippen LogP contribution is -2.28. The predicted molar refractivity (Wildman–Crippen MR) is 95.1 cm³/mol. The van der Waals surface area contributed by atoms with Crippen LogP contribution in [0.25, 0.3) is 0 Å². The lowest BCUT2D eigenvalue weighted by molar-refractivity contribution is 0.352. The van der Waals surface area contributed by atoms with Crippen LogP contribution in [0, 0.1) is 0 Å². The van der Waals surface area contributed by atoms with Crippen LogP contribution < -0.4 is 14.8 Å². The van der Waals surface area contributed by atoms with E-state index in [1.54, 1.807) is 20.5 Å². The lowest BCUT2D eigenvalue weighted by atomic mass is 9.93. The summed E-state index contributed by atoms with van der Waals surface area (Å²) in [4.78, 5) is 4.37. The molecule has 0 bridgehead atoms. The second-order valence-corrected chi connectivity index (χ2v) is 6.00. The molecule has 6 heteroatoms. The van der Waals surface area contributed by atoms with E-state index in [1.807, 2.05) is 22.9 Å². The maximum Gasteiger partial charge on any atom is 0.222 e. The number of anilines is 1. The molecule has 0 amide bonds. The maximum atomic E-state index is 5.46. The quantitative estimate of drug-likeness (QED) is 0.791. The summed E-state index contributed by atoms with van der Waals surface area (Å²) in [7, 11) is 3.29. The number of rotatable bonds is 4. The largest absolute Gasteiger partial charge is 0.493 e. The van der Waals surface area contributed by atoms with Gasteiger partial charge in [-0.05, 0) is 29.7 Å². The highest BCUT2D eigenvalue weighted by Crippen LogP contribution is 2.39. The van der Waals surface area contributed by atoms with Crippen LogP contribution in [0.1, 0.15) is 29.6 Å². The number of fused-ring (bicyclic) bond motifs is 1. The summed E-state index contributed by atoms with van der Waals surface area (Å²) in [5.74, 6) is 2.22. The minimum atomic E-state index is 0.0729. The van der Waals surface area contributed by atoms with Crippen LogP contribution in [0.2, 0.25) is 0 Å². The zero-order valence-electron chi connectivity index (χ0n) is 14.2. The number of nitrogens with zero attached hydrogens (tertiary/aromatic N) is 3. The Balaban J connectivity index is 1.73. The van der Waals surface area contributed by atoms with Crippen molar-refractivity contribution >= 4 is 5.95 Å². The standard InChI is InChI=1S/C19H20N4O2/c1-24-17-9-8-14(10-18(17)25-2)16-11-15(13-6-4-3-5-7-13)22-19-20-12-21-23(16)19/h3-10,12,15-16H,11H2,1-2H3,(H,20,21,22)/t15-,16-/m0/s1. The smallest absolute Gasteiger partial charge is 0.222 e. The van der Waals surface area contributed by atoms with Gasteiger partial charge in [0.1, 0.15) is 6.33 Å². The summed E-state index contributed by atoms with van der Waals surface area (Å²) in [6.07, 6.45) is 2.46. The SMILES string of the molecule is COc1ccc([C@@H]2C[C@@H](c3ccccc3)Nc3ncnn32)cc1OC. The summed E-state index contributed by atoms with van der Waals surface area (Å²) in [6.45, 7) is 0. The molecule has 2 heterocycles. The van der Waals surface area contributed by atoms with Gasteiger partial charge in [-0.15, -0.1) is 0 Å². The van der Waals surface area contributed by atoms with Crippen LogP contribution in [0.4, 0.5) is 5.95 Å². The number of hydrogen-bond acceptors (Lipinski definition) is 5. The van der Waals surface area contributed by atoms with E-state index in [1.165, 1.54) is 5.56 Å². The van der Waals surface area contributed by atoms with E-state index in [9.17, 15) is 0 Å². The van der Waals surface area contributed by atoms with Crippen molar-refractivity contribution in [1.82, 2.24) is 14.8 Å². The molecule has 25 heavy (non-hydrogen) atoms. The molecule has 3 aromatic rings. The van der Waals surface area contributed by atoms with Gasteiger partial charge >= 0.3 is 0 Å². The first kappa shape index (κ1) is 15.5. The van der Waals surface area contributed by atoms with Crippen LogP contribution in [0.5, 0.6) is 11.5 Å². The molecule has 1 aliphatic rings. The zero-order valence-corrected chi connectivity index (χ0v) is 14.2. The van der Waals surface area contributed by atoms with Gasteiger partial charge in [-0.3, -0.25) is 0 Å². The fourth-order valence-corrected chi connectivity index (χ4v) is 3.36. The first-order chi connectivity index (χ1) is 12.3. The first-order valence-electron chi connectivity index (χ1n) is 8.23. The molecule has 1 aromatic heterocycles. The highest BCUT2D eigenvalue weighted by molar-refractivity contribution is 5.46. The fourth-order valence-electron chi connectivity index (χ4n) is 3.36. The van der Waals surface area contributed by atoms with E-state index in [0.29, 0.717) is 0 Å². The van der Waals surface area contributed by atoms with Gasteiger partial charge in [-0.25, -0.2) is 4.68 Å². The van der Waals surface area contributed by atoms with Gasteiger partial charge in [0.25, 0.3) is 0 Å². The number of ether oxygens (including phenoxy) is 2. The Morgan fingerprint density at radius 1 is 1.00 bits per heavy atom. The van der Waals surface area contributed by atoms with Gasteiger partial charge in [0, 0.05) is 0 Å². The molecule has 0 unspecified atom stereocenters. The van der Waals surface area contributed by atoms with Gasteiger partial charge in [0.05, 0.1) is 26.3 Å². The Hall–Kier alpha value is -3.02. The van der Waals surface area contributed by atoms with Crippen molar-refractivity contribution in [3.05, 3.63) is 66.0 Å². The predicted octanol–water partition coefficient (Wildman–Crippen LogP) is 3.44. The molecule has 0 aliphatic carbocycles. The molecule has 1 aliphatic heterocycles. The van der Waals surface area contributed by atoms with E-state index in [0.717, 1.165) is 29.4 Å². The molecule has 2 aromatic carbocycles. The molecule has 0 radical (unpaired) electrons. The Morgan fingerprint density at radius 2 is 1.80 bits per heavy atom. The van der Waals surface area contributed by atoms with Crippen LogP contribution in [0.15, 0.2) is 54.9 Å². The summed E-state index contributed by atoms with van der Waals surface area (Å²) in [6, 6.07) is 16.7. The summed E-state index contributed by atoms with van der Waals surface area (Å²) in [5, 5.41) is 7.89. The molecular weight excluding hydrogens is 316 g/mol. The number of aromatic nitrogens is 3. The third-order valence-electron chi connectivity index (χ3n) is 4.62. The minimum absolute atomic E-state index is 0.0729. The zero-order chi connectivity index (χ0) is 17.2. The van der Waals surface area contributed by atoms with Gasteiger partial charge in [0.2, 0.25) is 5.95 Å². The average Bonchev–Trinajstić information content (AvgIpc) is 3.16. The lowest BCUT2D eigenvalue weighted by Gasteiger charge is -2.32. The molecule has 1 N–H and O–H groups in total. The van der Waals surface area contributed by atoms with Crippen molar-refractivity contribution in [1.29, 1.82) is 0 Å². The molecule has 4 rings (SSSR count). The monoisotopic (exact) mass is 336 g/mol. The summed E-state index contributed by atoms with van der Waals surface area (Å²) >= 11 is 0. The summed E-state index contributed by atoms with van der Waals surface area (Å²) in [5.41, 5.74) is 2.36. The highest BCUT2D eigenvalue weighted by Gasteiger charge is 2.30. The number of methoxy groups -OCH3 is 2. The molecule has 128 valence electrons. The average molecular weight is 336 g/mol. The van der Waals surface area contributed by atoms with Crippen LogP contribution >= 0.6 is 0 Å². The second-order valence-electron chi connectivity index (χ2n) is 6.00. The maximum absolute atomic E-state index is 5.46. The topological polar surface area (TPSA) is 61.2 Å². The van der Waals surface area contributed by atoms with Crippen molar-refractivity contribution in [3.63, 3.8) is 0 Å². The van der Waals surface area contributed by atoms with E-state index in [2.05, 4.69) is 45.7 Å². The number of hydrogen-bond donors (Lipinski definition) is 1. The second kappa shape index (κ2) is 6.47. The van der Waals surface area contributed by atoms with Crippen molar-refractivity contribution in [2.24, 2.45) is 0 Å². The first-order valence-corrected chi connectivity index (χ1v) is 8.23. The Labute approximate surface area is 146 Å². The number of benzene rings is 2. The van der Waals surface area contributed by atoms with Crippen LogP contribution in [0.3, 0.4) is 0 Å². The molecule has 6 nitrogen and oxygen atoms in total. The third kappa shape index (κ3) is 2.80. The van der Waals surface area contributed by atoms with E-state index >= 15 is 0 Å². The highest BCUT2D eigenvalue weighted by atomic mass is 16.5. The molecule has 0 fully saturated rings. The Bertz CT molecular complexity index is 863. The number of nitrogens with one attached hydrogen (secondary N) is 1. The van der Waals surface area contributed by atoms with Crippen LogP contribution in [-0.2, 0) is 0 Å².